The first-order valence-corrected chi connectivity index (χ1v) is 10.4. The van der Waals surface area contributed by atoms with Gasteiger partial charge in [-0.3, -0.25) is 0 Å². The Morgan fingerprint density at radius 2 is 1.38 bits per heavy atom. The largest absolute Gasteiger partial charge is 0.388 e. The molecule has 0 aromatic carbocycles. The van der Waals surface area contributed by atoms with Crippen molar-refractivity contribution in [1.29, 1.82) is 0 Å². The molecule has 0 aliphatic carbocycles. The van der Waals surface area contributed by atoms with Gasteiger partial charge >= 0.3 is 0 Å². The summed E-state index contributed by atoms with van der Waals surface area (Å²) >= 11 is 0. The van der Waals surface area contributed by atoms with E-state index in [-0.39, 0.29) is 19.3 Å². The van der Waals surface area contributed by atoms with Crippen LogP contribution in [0.2, 0.25) is 0 Å². The van der Waals surface area contributed by atoms with Gasteiger partial charge in [0.2, 0.25) is 0 Å². The molecule has 0 spiro atoms. The Balaban J connectivity index is 2.07. The Morgan fingerprint density at radius 1 is 0.769 bits per heavy atom. The Morgan fingerprint density at radius 3 is 2.12 bits per heavy atom. The maximum atomic E-state index is 9.85. The molecule has 1 N–H and O–H groups in total. The lowest BCUT2D eigenvalue weighted by molar-refractivity contribution is -0.0912. The number of unbranched alkanes of at least 4 members (excludes halogenated alkanes) is 7. The second-order valence-electron chi connectivity index (χ2n) is 6.92. The van der Waals surface area contributed by atoms with Crippen LogP contribution in [0.4, 0.5) is 0 Å². The van der Waals surface area contributed by atoms with Crippen LogP contribution in [0.3, 0.4) is 0 Å². The van der Waals surface area contributed by atoms with Crippen molar-refractivity contribution in [3.63, 3.8) is 0 Å². The second-order valence-corrected chi connectivity index (χ2v) is 6.92. The number of hydrogen-bond acceptors (Lipinski definition) is 6. The first-order chi connectivity index (χ1) is 12.8. The molecule has 1 heterocycles. The maximum Gasteiger partial charge on any atom is 0.104 e. The van der Waals surface area contributed by atoms with Gasteiger partial charge in [-0.25, -0.2) is 0 Å². The Kier molecular flexibility index (Phi) is 16.6. The van der Waals surface area contributed by atoms with Crippen molar-refractivity contribution in [2.24, 2.45) is 0 Å². The standard InChI is InChI=1S/C20H40O6/c1-2-3-4-5-6-7-8-9-10-23-17-20-18-25-14-12-22-11-13-24-15-19(21)16-26-20/h19-21H,2-18H2,1H3. The SMILES string of the molecule is CCCCCCCCCCOCC1COCCOCCOCC(O)CO1. The van der Waals surface area contributed by atoms with Crippen LogP contribution < -0.4 is 0 Å². The van der Waals surface area contributed by atoms with E-state index >= 15 is 0 Å². The lowest BCUT2D eigenvalue weighted by Gasteiger charge is -2.20. The zero-order valence-electron chi connectivity index (χ0n) is 16.7. The van der Waals surface area contributed by atoms with E-state index in [0.29, 0.717) is 39.6 Å². The molecular formula is C20H40O6. The molecule has 2 unspecified atom stereocenters. The molecule has 1 aliphatic rings. The van der Waals surface area contributed by atoms with E-state index in [4.69, 9.17) is 23.7 Å². The Hall–Kier alpha value is -0.240. The number of aliphatic hydroxyl groups excluding tert-OH is 1. The smallest absolute Gasteiger partial charge is 0.104 e. The first kappa shape index (κ1) is 23.8. The molecule has 156 valence electrons. The minimum atomic E-state index is -0.633. The fourth-order valence-electron chi connectivity index (χ4n) is 2.76. The monoisotopic (exact) mass is 376 g/mol. The molecule has 0 bridgehead atoms. The highest BCUT2D eigenvalue weighted by atomic mass is 16.6. The third kappa shape index (κ3) is 14.9. The van der Waals surface area contributed by atoms with Crippen LogP contribution in [0.5, 0.6) is 0 Å². The van der Waals surface area contributed by atoms with E-state index in [2.05, 4.69) is 6.92 Å². The van der Waals surface area contributed by atoms with Crippen LogP contribution in [0.15, 0.2) is 0 Å². The number of hydrogen-bond donors (Lipinski definition) is 1. The summed E-state index contributed by atoms with van der Waals surface area (Å²) in [6.07, 6.45) is 9.53. The van der Waals surface area contributed by atoms with Gasteiger partial charge in [-0.05, 0) is 6.42 Å². The van der Waals surface area contributed by atoms with Gasteiger partial charge in [0.1, 0.15) is 12.2 Å². The highest BCUT2D eigenvalue weighted by molar-refractivity contribution is 4.60. The summed E-state index contributed by atoms with van der Waals surface area (Å²) in [6.45, 7) is 6.50. The lowest BCUT2D eigenvalue weighted by Crippen LogP contribution is -2.31. The van der Waals surface area contributed by atoms with Crippen molar-refractivity contribution >= 4 is 0 Å². The first-order valence-electron chi connectivity index (χ1n) is 10.4. The molecule has 0 saturated carbocycles. The fraction of sp³-hybridized carbons (Fsp3) is 1.00. The molecule has 1 saturated heterocycles. The van der Waals surface area contributed by atoms with E-state index in [1.54, 1.807) is 0 Å². The van der Waals surface area contributed by atoms with Crippen LogP contribution >= 0.6 is 0 Å². The van der Waals surface area contributed by atoms with Gasteiger partial charge in [0.05, 0.1) is 52.9 Å². The van der Waals surface area contributed by atoms with Crippen molar-refractivity contribution < 1.29 is 28.8 Å². The van der Waals surface area contributed by atoms with Crippen molar-refractivity contribution in [2.75, 3.05) is 59.5 Å². The number of aliphatic hydroxyl groups is 1. The van der Waals surface area contributed by atoms with E-state index in [1.807, 2.05) is 0 Å². The predicted molar refractivity (Wildman–Crippen MR) is 102 cm³/mol. The summed E-state index contributed by atoms with van der Waals surface area (Å²) in [7, 11) is 0. The van der Waals surface area contributed by atoms with Gasteiger partial charge < -0.3 is 28.8 Å². The zero-order chi connectivity index (χ0) is 18.7. The molecular weight excluding hydrogens is 336 g/mol. The van der Waals surface area contributed by atoms with Gasteiger partial charge in [-0.15, -0.1) is 0 Å². The maximum absolute atomic E-state index is 9.85. The molecule has 2 atom stereocenters. The second kappa shape index (κ2) is 18.1. The summed E-state index contributed by atoms with van der Waals surface area (Å²) in [6, 6.07) is 0. The van der Waals surface area contributed by atoms with Crippen molar-refractivity contribution in [2.45, 2.75) is 70.5 Å². The topological polar surface area (TPSA) is 66.4 Å². The van der Waals surface area contributed by atoms with Crippen LogP contribution in [0.25, 0.3) is 0 Å². The molecule has 26 heavy (non-hydrogen) atoms. The normalized spacial score (nSPS) is 23.8. The quantitative estimate of drug-likeness (QED) is 0.559. The van der Waals surface area contributed by atoms with E-state index in [1.165, 1.54) is 44.9 Å². The molecule has 0 aromatic rings. The molecule has 1 rings (SSSR count). The highest BCUT2D eigenvalue weighted by Gasteiger charge is 2.14. The van der Waals surface area contributed by atoms with Gasteiger partial charge in [0, 0.05) is 6.61 Å². The minimum absolute atomic E-state index is 0.167. The third-order valence-electron chi connectivity index (χ3n) is 4.33. The van der Waals surface area contributed by atoms with Gasteiger partial charge in [0.15, 0.2) is 0 Å². The lowest BCUT2D eigenvalue weighted by atomic mass is 10.1. The van der Waals surface area contributed by atoms with Crippen molar-refractivity contribution in [3.05, 3.63) is 0 Å². The number of ether oxygens (including phenoxy) is 5. The molecule has 0 amide bonds. The molecule has 1 fully saturated rings. The third-order valence-corrected chi connectivity index (χ3v) is 4.33. The average molecular weight is 377 g/mol. The number of rotatable bonds is 11. The molecule has 1 aliphatic heterocycles. The van der Waals surface area contributed by atoms with Crippen LogP contribution in [-0.2, 0) is 23.7 Å². The average Bonchev–Trinajstić information content (AvgIpc) is 2.66. The van der Waals surface area contributed by atoms with E-state index in [9.17, 15) is 5.11 Å². The van der Waals surface area contributed by atoms with Crippen molar-refractivity contribution in [3.8, 4) is 0 Å². The molecule has 0 aromatic heterocycles. The molecule has 6 nitrogen and oxygen atoms in total. The summed E-state index contributed by atoms with van der Waals surface area (Å²) in [5, 5.41) is 9.85. The fourth-order valence-corrected chi connectivity index (χ4v) is 2.76. The molecule has 0 radical (unpaired) electrons. The minimum Gasteiger partial charge on any atom is -0.388 e. The van der Waals surface area contributed by atoms with E-state index in [0.717, 1.165) is 13.0 Å². The predicted octanol–water partition coefficient (Wildman–Crippen LogP) is 2.95. The van der Waals surface area contributed by atoms with Crippen molar-refractivity contribution in [1.82, 2.24) is 0 Å². The summed E-state index contributed by atoms with van der Waals surface area (Å²) in [5.41, 5.74) is 0. The molecule has 6 heteroatoms. The Labute approximate surface area is 159 Å². The summed E-state index contributed by atoms with van der Waals surface area (Å²) in [4.78, 5) is 0. The zero-order valence-corrected chi connectivity index (χ0v) is 16.7. The highest BCUT2D eigenvalue weighted by Crippen LogP contribution is 2.08. The van der Waals surface area contributed by atoms with Crippen LogP contribution in [0, 0.1) is 0 Å². The summed E-state index contributed by atoms with van der Waals surface area (Å²) in [5.74, 6) is 0. The van der Waals surface area contributed by atoms with Gasteiger partial charge in [-0.2, -0.15) is 0 Å². The Bertz CT molecular complexity index is 289. The van der Waals surface area contributed by atoms with E-state index < -0.39 is 6.10 Å². The summed E-state index contributed by atoms with van der Waals surface area (Å²) < 4.78 is 27.8. The van der Waals surface area contributed by atoms with Gasteiger partial charge in [0.25, 0.3) is 0 Å². The van der Waals surface area contributed by atoms with Gasteiger partial charge in [-0.1, -0.05) is 51.9 Å². The van der Waals surface area contributed by atoms with Crippen LogP contribution in [-0.4, -0.2) is 76.8 Å². The van der Waals surface area contributed by atoms with Crippen LogP contribution in [0.1, 0.15) is 58.3 Å².